The molecule has 3 nitrogen and oxygen atoms in total. The third kappa shape index (κ3) is 2.43. The van der Waals surface area contributed by atoms with E-state index in [9.17, 15) is 9.90 Å². The third-order valence-electron chi connectivity index (χ3n) is 2.22. The zero-order valence-corrected chi connectivity index (χ0v) is 8.08. The van der Waals surface area contributed by atoms with Crippen molar-refractivity contribution in [3.63, 3.8) is 0 Å². The van der Waals surface area contributed by atoms with Gasteiger partial charge in [0.2, 0.25) is 5.78 Å². The molecule has 3 heteroatoms. The number of aliphatic hydroxyl groups is 1. The summed E-state index contributed by atoms with van der Waals surface area (Å²) in [5.74, 6) is -0.193. The molecule has 0 aliphatic heterocycles. The van der Waals surface area contributed by atoms with Crippen LogP contribution in [0.25, 0.3) is 0 Å². The largest absolute Gasteiger partial charge is 0.339 e. The van der Waals surface area contributed by atoms with Crippen LogP contribution in [0.5, 0.6) is 0 Å². The fourth-order valence-corrected chi connectivity index (χ4v) is 1.14. The smallest absolute Gasteiger partial charge is 0.251 e. The van der Waals surface area contributed by atoms with Crippen molar-refractivity contribution in [2.45, 2.75) is 20.1 Å². The molecule has 0 bridgehead atoms. The van der Waals surface area contributed by atoms with Crippen LogP contribution in [0.4, 0.5) is 0 Å². The summed E-state index contributed by atoms with van der Waals surface area (Å²) >= 11 is 0. The lowest BCUT2D eigenvalue weighted by atomic mass is 10.2. The number of carbonyl (C=O) groups excluding carboxylic acids is 1. The number of hydrogen-bond acceptors (Lipinski definition) is 2. The Balaban J connectivity index is 4.49. The molecule has 0 heterocycles. The van der Waals surface area contributed by atoms with Crippen LogP contribution < -0.4 is 0 Å². The van der Waals surface area contributed by atoms with Gasteiger partial charge in [-0.25, -0.2) is 0 Å². The number of carbonyl (C=O) groups is 1. The summed E-state index contributed by atoms with van der Waals surface area (Å²) in [6.45, 7) is 8.26. The first-order chi connectivity index (χ1) is 5.48. The maximum Gasteiger partial charge on any atom is 0.251 e. The summed E-state index contributed by atoms with van der Waals surface area (Å²) in [4.78, 5) is 10.9. The standard InChI is InChI=1S/C9H18NO2/c1-5-7-10(4,6-2)9(12)8(3)11/h5,9,12H,1,6-7H2,2-4H3/q+1. The average Bonchev–Trinajstić information content (AvgIpc) is 2.03. The fraction of sp³-hybridized carbons (Fsp3) is 0.667. The van der Waals surface area contributed by atoms with Crippen molar-refractivity contribution in [1.82, 2.24) is 0 Å². The lowest BCUT2D eigenvalue weighted by Crippen LogP contribution is -2.55. The second-order valence-electron chi connectivity index (χ2n) is 3.25. The highest BCUT2D eigenvalue weighted by molar-refractivity contribution is 5.78. The van der Waals surface area contributed by atoms with Gasteiger partial charge in [-0.2, -0.15) is 0 Å². The maximum absolute atomic E-state index is 10.9. The minimum absolute atomic E-state index is 0.193. The monoisotopic (exact) mass is 172 g/mol. The van der Waals surface area contributed by atoms with Crippen LogP contribution in [-0.4, -0.2) is 41.7 Å². The molecule has 0 fully saturated rings. The van der Waals surface area contributed by atoms with E-state index in [4.69, 9.17) is 0 Å². The van der Waals surface area contributed by atoms with Crippen LogP contribution in [0.1, 0.15) is 13.8 Å². The summed E-state index contributed by atoms with van der Waals surface area (Å²) in [7, 11) is 1.84. The van der Waals surface area contributed by atoms with Gasteiger partial charge in [0.25, 0.3) is 6.23 Å². The van der Waals surface area contributed by atoms with Gasteiger partial charge in [-0.3, -0.25) is 9.28 Å². The number of hydrogen-bond donors (Lipinski definition) is 1. The highest BCUT2D eigenvalue weighted by Gasteiger charge is 2.31. The number of likely N-dealkylation sites (N-methyl/N-ethyl adjacent to an activating group) is 1. The van der Waals surface area contributed by atoms with Crippen LogP contribution in [0.15, 0.2) is 12.7 Å². The van der Waals surface area contributed by atoms with Gasteiger partial charge in [0.05, 0.1) is 20.1 Å². The molecule has 0 radical (unpaired) electrons. The molecule has 0 amide bonds. The van der Waals surface area contributed by atoms with Gasteiger partial charge >= 0.3 is 0 Å². The normalized spacial score (nSPS) is 18.0. The van der Waals surface area contributed by atoms with E-state index in [2.05, 4.69) is 6.58 Å². The molecule has 12 heavy (non-hydrogen) atoms. The predicted octanol–water partition coefficient (Wildman–Crippen LogP) is 0.546. The van der Waals surface area contributed by atoms with E-state index >= 15 is 0 Å². The number of rotatable bonds is 5. The quantitative estimate of drug-likeness (QED) is 0.373. The molecule has 1 N–H and O–H groups in total. The van der Waals surface area contributed by atoms with Gasteiger partial charge < -0.3 is 5.11 Å². The molecule has 0 aromatic carbocycles. The van der Waals surface area contributed by atoms with Gasteiger partial charge in [0.1, 0.15) is 0 Å². The summed E-state index contributed by atoms with van der Waals surface area (Å²) in [6.07, 6.45) is 0.795. The molecular formula is C9H18NO2+. The van der Waals surface area contributed by atoms with Crippen molar-refractivity contribution < 1.29 is 14.4 Å². The molecule has 0 aromatic heterocycles. The highest BCUT2D eigenvalue weighted by atomic mass is 16.3. The molecule has 0 spiro atoms. The van der Waals surface area contributed by atoms with Crippen LogP contribution in [0, 0.1) is 0 Å². The number of nitrogens with zero attached hydrogens (tertiary/aromatic N) is 1. The third-order valence-corrected chi connectivity index (χ3v) is 2.22. The lowest BCUT2D eigenvalue weighted by molar-refractivity contribution is -0.937. The van der Waals surface area contributed by atoms with Crippen molar-refractivity contribution in [2.75, 3.05) is 20.1 Å². The van der Waals surface area contributed by atoms with Crippen molar-refractivity contribution in [3.8, 4) is 0 Å². The van der Waals surface area contributed by atoms with Gasteiger partial charge in [-0.1, -0.05) is 6.58 Å². The molecule has 0 rings (SSSR count). The van der Waals surface area contributed by atoms with E-state index < -0.39 is 6.23 Å². The average molecular weight is 172 g/mol. The molecule has 0 saturated carbocycles. The number of ketones is 1. The van der Waals surface area contributed by atoms with Gasteiger partial charge in [-0.15, -0.1) is 0 Å². The van der Waals surface area contributed by atoms with Gasteiger partial charge in [0.15, 0.2) is 0 Å². The van der Waals surface area contributed by atoms with Gasteiger partial charge in [-0.05, 0) is 13.0 Å². The molecule has 0 aliphatic carbocycles. The van der Waals surface area contributed by atoms with Crippen molar-refractivity contribution in [1.29, 1.82) is 0 Å². The Bertz CT molecular complexity index is 179. The SMILES string of the molecule is C=CC[N+](C)(CC)C(O)C(C)=O. The molecule has 0 aliphatic rings. The summed E-state index contributed by atoms with van der Waals surface area (Å²) in [6, 6.07) is 0. The lowest BCUT2D eigenvalue weighted by Gasteiger charge is -2.35. The van der Waals surface area contributed by atoms with E-state index in [1.54, 1.807) is 6.08 Å². The summed E-state index contributed by atoms with van der Waals surface area (Å²) in [5.41, 5.74) is 0. The first-order valence-electron chi connectivity index (χ1n) is 4.11. The minimum atomic E-state index is -0.923. The Labute approximate surface area is 73.9 Å². The fourth-order valence-electron chi connectivity index (χ4n) is 1.14. The van der Waals surface area contributed by atoms with E-state index in [0.29, 0.717) is 17.6 Å². The second kappa shape index (κ2) is 4.38. The van der Waals surface area contributed by atoms with Gasteiger partial charge in [0, 0.05) is 6.92 Å². The van der Waals surface area contributed by atoms with Crippen molar-refractivity contribution >= 4 is 5.78 Å². The second-order valence-corrected chi connectivity index (χ2v) is 3.25. The summed E-state index contributed by atoms with van der Waals surface area (Å²) < 4.78 is 0.318. The molecule has 2 unspecified atom stereocenters. The molecule has 0 saturated heterocycles. The zero-order valence-electron chi connectivity index (χ0n) is 8.08. The van der Waals surface area contributed by atoms with Crippen LogP contribution in [0.3, 0.4) is 0 Å². The topological polar surface area (TPSA) is 37.3 Å². The number of quaternary nitrogens is 1. The van der Waals surface area contributed by atoms with Crippen LogP contribution in [0.2, 0.25) is 0 Å². The van der Waals surface area contributed by atoms with E-state index in [1.807, 2.05) is 14.0 Å². The molecule has 0 aromatic rings. The summed E-state index contributed by atoms with van der Waals surface area (Å²) in [5, 5.41) is 9.55. The van der Waals surface area contributed by atoms with Crippen molar-refractivity contribution in [3.05, 3.63) is 12.7 Å². The van der Waals surface area contributed by atoms with E-state index in [0.717, 1.165) is 0 Å². The highest BCUT2D eigenvalue weighted by Crippen LogP contribution is 2.08. The van der Waals surface area contributed by atoms with E-state index in [1.165, 1.54) is 6.92 Å². The Morgan fingerprint density at radius 2 is 2.25 bits per heavy atom. The Kier molecular flexibility index (Phi) is 4.13. The molecule has 2 atom stereocenters. The first-order valence-corrected chi connectivity index (χ1v) is 4.11. The zero-order chi connectivity index (χ0) is 9.78. The van der Waals surface area contributed by atoms with E-state index in [-0.39, 0.29) is 5.78 Å². The molecule has 70 valence electrons. The van der Waals surface area contributed by atoms with Crippen molar-refractivity contribution in [2.24, 2.45) is 0 Å². The Morgan fingerprint density at radius 1 is 1.75 bits per heavy atom. The Morgan fingerprint density at radius 3 is 2.50 bits per heavy atom. The number of aliphatic hydroxyl groups excluding tert-OH is 1. The predicted molar refractivity (Wildman–Crippen MR) is 48.5 cm³/mol. The molecular weight excluding hydrogens is 154 g/mol. The van der Waals surface area contributed by atoms with Crippen LogP contribution >= 0.6 is 0 Å². The Hall–Kier alpha value is -0.670. The van der Waals surface area contributed by atoms with Crippen LogP contribution in [-0.2, 0) is 4.79 Å². The number of Topliss-reactive ketones (excluding diaryl/α,β-unsaturated/α-hetero) is 1. The maximum atomic E-state index is 10.9. The first kappa shape index (κ1) is 11.3. The minimum Gasteiger partial charge on any atom is -0.339 e.